The minimum absolute atomic E-state index is 0.0351. The predicted octanol–water partition coefficient (Wildman–Crippen LogP) is 1.55. The summed E-state index contributed by atoms with van der Waals surface area (Å²) >= 11 is 0. The molecular weight excluding hydrogens is 232 g/mol. The first-order valence-electron chi connectivity index (χ1n) is 6.44. The smallest absolute Gasteiger partial charge is 0.326 e. The average molecular weight is 252 g/mol. The molecule has 5 heteroatoms. The second kappa shape index (κ2) is 5.00. The molecule has 0 spiro atoms. The summed E-state index contributed by atoms with van der Waals surface area (Å²) in [6, 6.07) is -0.789. The number of hydrogen-bond donors (Lipinski definition) is 1. The highest BCUT2D eigenvalue weighted by molar-refractivity contribution is 5.83. The summed E-state index contributed by atoms with van der Waals surface area (Å²) in [6.45, 7) is 5.76. The Morgan fingerprint density at radius 1 is 1.39 bits per heavy atom. The van der Waals surface area contributed by atoms with Crippen molar-refractivity contribution in [2.24, 2.45) is 5.92 Å². The van der Waals surface area contributed by atoms with Crippen LogP contribution in [0.4, 0.5) is 4.79 Å². The first-order chi connectivity index (χ1) is 8.50. The largest absolute Gasteiger partial charge is 0.480 e. The topological polar surface area (TPSA) is 60.9 Å². The van der Waals surface area contributed by atoms with Gasteiger partial charge in [-0.3, -0.25) is 0 Å². The number of likely N-dealkylation sites (tertiary alicyclic amines) is 1. The Hall–Kier alpha value is -1.52. The molecule has 5 nitrogen and oxygen atoms in total. The molecule has 0 aromatic carbocycles. The summed E-state index contributed by atoms with van der Waals surface area (Å²) < 4.78 is 0. The summed E-state index contributed by atoms with van der Waals surface area (Å²) in [5, 5.41) is 9.23. The molecule has 1 saturated heterocycles. The van der Waals surface area contributed by atoms with E-state index in [4.69, 9.17) is 0 Å². The van der Waals surface area contributed by atoms with Gasteiger partial charge in [-0.2, -0.15) is 0 Å². The number of rotatable bonds is 1. The van der Waals surface area contributed by atoms with E-state index in [1.54, 1.807) is 4.90 Å². The van der Waals surface area contributed by atoms with Crippen LogP contribution in [0.2, 0.25) is 0 Å². The minimum Gasteiger partial charge on any atom is -0.480 e. The molecule has 100 valence electrons. The van der Waals surface area contributed by atoms with E-state index in [1.165, 1.54) is 10.5 Å². The molecule has 2 unspecified atom stereocenters. The molecule has 18 heavy (non-hydrogen) atoms. The van der Waals surface area contributed by atoms with Crippen molar-refractivity contribution in [2.75, 3.05) is 19.6 Å². The fourth-order valence-corrected chi connectivity index (χ4v) is 2.79. The summed E-state index contributed by atoms with van der Waals surface area (Å²) in [6.07, 6.45) is 3.76. The molecule has 0 aliphatic carbocycles. The normalized spacial score (nSPS) is 28.2. The molecule has 2 amide bonds. The second-order valence-corrected chi connectivity index (χ2v) is 5.29. The van der Waals surface area contributed by atoms with Gasteiger partial charge in [0.25, 0.3) is 0 Å². The molecule has 2 aliphatic heterocycles. The predicted molar refractivity (Wildman–Crippen MR) is 67.3 cm³/mol. The molecule has 0 bridgehead atoms. The Morgan fingerprint density at radius 2 is 2.11 bits per heavy atom. The number of hydrogen-bond acceptors (Lipinski definition) is 2. The average Bonchev–Trinajstić information content (AvgIpc) is 2.70. The van der Waals surface area contributed by atoms with Gasteiger partial charge in [0.05, 0.1) is 0 Å². The van der Waals surface area contributed by atoms with Crippen molar-refractivity contribution in [1.82, 2.24) is 9.80 Å². The Morgan fingerprint density at radius 3 is 2.72 bits per heavy atom. The maximum absolute atomic E-state index is 12.4. The molecule has 0 aromatic heterocycles. The van der Waals surface area contributed by atoms with Crippen LogP contribution in [0.25, 0.3) is 0 Å². The van der Waals surface area contributed by atoms with E-state index in [2.05, 4.69) is 6.08 Å². The fourth-order valence-electron chi connectivity index (χ4n) is 2.79. The van der Waals surface area contributed by atoms with E-state index in [1.807, 2.05) is 13.8 Å². The molecule has 1 fully saturated rings. The first-order valence-corrected chi connectivity index (χ1v) is 6.44. The lowest BCUT2D eigenvalue weighted by atomic mass is 10.0. The fraction of sp³-hybridized carbons (Fsp3) is 0.692. The van der Waals surface area contributed by atoms with Gasteiger partial charge in [0.1, 0.15) is 6.04 Å². The zero-order valence-corrected chi connectivity index (χ0v) is 10.9. The van der Waals surface area contributed by atoms with Gasteiger partial charge in [0, 0.05) is 19.6 Å². The number of carbonyl (C=O) groups excluding carboxylic acids is 1. The van der Waals surface area contributed by atoms with E-state index in [0.717, 1.165) is 12.8 Å². The second-order valence-electron chi connectivity index (χ2n) is 5.29. The van der Waals surface area contributed by atoms with Crippen LogP contribution in [0.5, 0.6) is 0 Å². The Balaban J connectivity index is 2.09. The van der Waals surface area contributed by atoms with Crippen molar-refractivity contribution < 1.29 is 14.7 Å². The van der Waals surface area contributed by atoms with Gasteiger partial charge < -0.3 is 14.9 Å². The molecule has 0 saturated carbocycles. The quantitative estimate of drug-likeness (QED) is 0.720. The third-order valence-electron chi connectivity index (χ3n) is 3.80. The highest BCUT2D eigenvalue weighted by Crippen LogP contribution is 2.26. The molecule has 2 rings (SSSR count). The van der Waals surface area contributed by atoms with Crippen LogP contribution in [0.15, 0.2) is 11.6 Å². The van der Waals surface area contributed by atoms with E-state index < -0.39 is 12.0 Å². The zero-order chi connectivity index (χ0) is 13.3. The van der Waals surface area contributed by atoms with Gasteiger partial charge in [-0.15, -0.1) is 0 Å². The third kappa shape index (κ3) is 2.35. The monoisotopic (exact) mass is 252 g/mol. The minimum atomic E-state index is -0.891. The van der Waals surface area contributed by atoms with Gasteiger partial charge in [-0.05, 0) is 25.7 Å². The van der Waals surface area contributed by atoms with E-state index in [-0.39, 0.29) is 11.9 Å². The highest BCUT2D eigenvalue weighted by Gasteiger charge is 2.41. The SMILES string of the molecule is CC1=CCCN(C(=O)N2CCC(C)C2C(=O)O)C1. The van der Waals surface area contributed by atoms with Crippen LogP contribution in [-0.2, 0) is 4.79 Å². The number of amides is 2. The van der Waals surface area contributed by atoms with Crippen molar-refractivity contribution in [1.29, 1.82) is 0 Å². The maximum Gasteiger partial charge on any atom is 0.326 e. The van der Waals surface area contributed by atoms with Crippen molar-refractivity contribution >= 4 is 12.0 Å². The van der Waals surface area contributed by atoms with Crippen molar-refractivity contribution in [3.05, 3.63) is 11.6 Å². The van der Waals surface area contributed by atoms with E-state index in [0.29, 0.717) is 19.6 Å². The lowest BCUT2D eigenvalue weighted by Crippen LogP contribution is -2.50. The van der Waals surface area contributed by atoms with Crippen LogP contribution in [0, 0.1) is 5.92 Å². The lowest BCUT2D eigenvalue weighted by Gasteiger charge is -2.32. The zero-order valence-electron chi connectivity index (χ0n) is 10.9. The summed E-state index contributed by atoms with van der Waals surface area (Å²) in [4.78, 5) is 26.9. The molecule has 1 N–H and O–H groups in total. The van der Waals surface area contributed by atoms with Gasteiger partial charge in [-0.25, -0.2) is 9.59 Å². The summed E-state index contributed by atoms with van der Waals surface area (Å²) in [5.74, 6) is -0.856. The third-order valence-corrected chi connectivity index (χ3v) is 3.80. The molecule has 2 atom stereocenters. The van der Waals surface area contributed by atoms with Gasteiger partial charge in [-0.1, -0.05) is 18.6 Å². The number of urea groups is 1. The molecule has 2 heterocycles. The van der Waals surface area contributed by atoms with E-state index in [9.17, 15) is 14.7 Å². The lowest BCUT2D eigenvalue weighted by molar-refractivity contribution is -0.142. The summed E-state index contributed by atoms with van der Waals surface area (Å²) in [7, 11) is 0. The van der Waals surface area contributed by atoms with Crippen LogP contribution in [-0.4, -0.2) is 52.6 Å². The number of carbonyl (C=O) groups is 2. The molecular formula is C13H20N2O3. The Bertz CT molecular complexity index is 392. The first kappa shape index (κ1) is 12.9. The van der Waals surface area contributed by atoms with E-state index >= 15 is 0 Å². The van der Waals surface area contributed by atoms with Gasteiger partial charge >= 0.3 is 12.0 Å². The Kier molecular flexibility index (Phi) is 3.59. The maximum atomic E-state index is 12.4. The molecule has 0 aromatic rings. The number of carboxylic acids is 1. The van der Waals surface area contributed by atoms with Crippen LogP contribution in [0.3, 0.4) is 0 Å². The van der Waals surface area contributed by atoms with Crippen LogP contribution < -0.4 is 0 Å². The van der Waals surface area contributed by atoms with Crippen LogP contribution in [0.1, 0.15) is 26.7 Å². The van der Waals surface area contributed by atoms with Gasteiger partial charge in [0.2, 0.25) is 0 Å². The number of nitrogens with zero attached hydrogens (tertiary/aromatic N) is 2. The van der Waals surface area contributed by atoms with Crippen molar-refractivity contribution in [2.45, 2.75) is 32.7 Å². The molecule has 2 aliphatic rings. The Labute approximate surface area is 107 Å². The standard InChI is InChI=1S/C13H20N2O3/c1-9-4-3-6-14(8-9)13(18)15-7-5-10(2)11(15)12(16)17/h4,10-11H,3,5-8H2,1-2H3,(H,16,17). The molecule has 0 radical (unpaired) electrons. The summed E-state index contributed by atoms with van der Waals surface area (Å²) in [5.41, 5.74) is 1.17. The van der Waals surface area contributed by atoms with Crippen molar-refractivity contribution in [3.63, 3.8) is 0 Å². The number of aliphatic carboxylic acids is 1. The highest BCUT2D eigenvalue weighted by atomic mass is 16.4. The number of carboxylic acid groups (broad SMARTS) is 1. The van der Waals surface area contributed by atoms with Crippen molar-refractivity contribution in [3.8, 4) is 0 Å². The van der Waals surface area contributed by atoms with Gasteiger partial charge in [0.15, 0.2) is 0 Å². The van der Waals surface area contributed by atoms with Crippen LogP contribution >= 0.6 is 0 Å².